The van der Waals surface area contributed by atoms with Gasteiger partial charge in [0.2, 0.25) is 0 Å². The second kappa shape index (κ2) is 6.74. The van der Waals surface area contributed by atoms with Crippen LogP contribution in [0.2, 0.25) is 5.02 Å². The van der Waals surface area contributed by atoms with Gasteiger partial charge >= 0.3 is 0 Å². The van der Waals surface area contributed by atoms with E-state index in [2.05, 4.69) is 10.5 Å². The minimum absolute atomic E-state index is 0.0505. The number of hydrogen-bond donors (Lipinski definition) is 3. The first-order chi connectivity index (χ1) is 11.9. The number of aryl methyl sites for hydroxylation is 1. The maximum atomic E-state index is 12.4. The number of carbonyl (C=O) groups is 1. The Morgan fingerprint density at radius 3 is 2.68 bits per heavy atom. The number of nitrogens with zero attached hydrogens (tertiary/aromatic N) is 1. The molecule has 0 aliphatic rings. The van der Waals surface area contributed by atoms with Crippen LogP contribution in [0.5, 0.6) is 11.5 Å². The van der Waals surface area contributed by atoms with Crippen LogP contribution in [0.1, 0.15) is 27.7 Å². The van der Waals surface area contributed by atoms with Gasteiger partial charge in [-0.05, 0) is 37.6 Å². The number of carbonyl (C=O) groups excluding carboxylic acids is 1. The Balaban J connectivity index is 1.86. The monoisotopic (exact) mass is 374 g/mol. The SMILES string of the molecule is CC(=NNC(=O)c1sc2cc(C)ccc2c1Cl)c1ccc(O)cc1O. The first-order valence-corrected chi connectivity index (χ1v) is 8.62. The van der Waals surface area contributed by atoms with Gasteiger partial charge in [0.05, 0.1) is 10.7 Å². The maximum absolute atomic E-state index is 12.4. The minimum atomic E-state index is -0.415. The second-order valence-electron chi connectivity index (χ2n) is 5.58. The number of amides is 1. The topological polar surface area (TPSA) is 81.9 Å². The van der Waals surface area contributed by atoms with Crippen LogP contribution in [0.4, 0.5) is 0 Å². The Kier molecular flexibility index (Phi) is 4.65. The third kappa shape index (κ3) is 3.45. The molecule has 0 aliphatic heterocycles. The first-order valence-electron chi connectivity index (χ1n) is 7.42. The standard InChI is InChI=1S/C18H15ClN2O3S/c1-9-3-5-13-15(7-9)25-17(16(13)19)18(24)21-20-10(2)12-6-4-11(22)8-14(12)23/h3-8,22-23H,1-2H3,(H,21,24). The van der Waals surface area contributed by atoms with E-state index in [1.807, 2.05) is 25.1 Å². The molecule has 0 radical (unpaired) electrons. The number of halogens is 1. The summed E-state index contributed by atoms with van der Waals surface area (Å²) in [4.78, 5) is 12.8. The van der Waals surface area contributed by atoms with Crippen molar-refractivity contribution >= 4 is 44.6 Å². The highest BCUT2D eigenvalue weighted by Crippen LogP contribution is 2.35. The number of benzene rings is 2. The van der Waals surface area contributed by atoms with Crippen molar-refractivity contribution in [2.75, 3.05) is 0 Å². The second-order valence-corrected chi connectivity index (χ2v) is 7.01. The zero-order valence-electron chi connectivity index (χ0n) is 13.5. The molecule has 0 spiro atoms. The minimum Gasteiger partial charge on any atom is -0.508 e. The van der Waals surface area contributed by atoms with E-state index in [1.54, 1.807) is 6.92 Å². The van der Waals surface area contributed by atoms with Crippen molar-refractivity contribution in [1.82, 2.24) is 5.43 Å². The summed E-state index contributed by atoms with van der Waals surface area (Å²) in [5.74, 6) is -0.585. The molecule has 0 bridgehead atoms. The number of rotatable bonds is 3. The predicted octanol–water partition coefficient (Wildman–Crippen LogP) is 4.43. The average Bonchev–Trinajstić information content (AvgIpc) is 2.88. The molecule has 0 saturated heterocycles. The Morgan fingerprint density at radius 1 is 1.20 bits per heavy atom. The highest BCUT2D eigenvalue weighted by atomic mass is 35.5. The molecule has 25 heavy (non-hydrogen) atoms. The smallest absolute Gasteiger partial charge is 0.283 e. The molecule has 7 heteroatoms. The predicted molar refractivity (Wildman–Crippen MR) is 101 cm³/mol. The molecule has 3 N–H and O–H groups in total. The van der Waals surface area contributed by atoms with E-state index in [0.717, 1.165) is 15.6 Å². The zero-order valence-corrected chi connectivity index (χ0v) is 15.1. The van der Waals surface area contributed by atoms with E-state index < -0.39 is 5.91 Å². The molecule has 5 nitrogen and oxygen atoms in total. The molecule has 0 fully saturated rings. The van der Waals surface area contributed by atoms with Crippen LogP contribution in [-0.2, 0) is 0 Å². The quantitative estimate of drug-likeness (QED) is 0.468. The highest BCUT2D eigenvalue weighted by molar-refractivity contribution is 7.21. The van der Waals surface area contributed by atoms with Crippen LogP contribution in [0.3, 0.4) is 0 Å². The van der Waals surface area contributed by atoms with Crippen molar-refractivity contribution in [1.29, 1.82) is 0 Å². The summed E-state index contributed by atoms with van der Waals surface area (Å²) < 4.78 is 0.937. The van der Waals surface area contributed by atoms with Gasteiger partial charge in [-0.25, -0.2) is 5.43 Å². The molecular formula is C18H15ClN2O3S. The Bertz CT molecular complexity index is 1010. The molecule has 0 atom stereocenters. The third-order valence-electron chi connectivity index (χ3n) is 3.69. The molecule has 1 amide bonds. The number of fused-ring (bicyclic) bond motifs is 1. The number of phenols is 2. The number of aromatic hydroxyl groups is 2. The Hall–Kier alpha value is -2.57. The van der Waals surface area contributed by atoms with E-state index >= 15 is 0 Å². The lowest BCUT2D eigenvalue weighted by Gasteiger charge is -2.05. The summed E-state index contributed by atoms with van der Waals surface area (Å²) in [7, 11) is 0. The van der Waals surface area contributed by atoms with Crippen molar-refractivity contribution < 1.29 is 15.0 Å². The molecular weight excluding hydrogens is 360 g/mol. The summed E-state index contributed by atoms with van der Waals surface area (Å²) in [5.41, 5.74) is 4.36. The largest absolute Gasteiger partial charge is 0.508 e. The normalized spacial score (nSPS) is 11.7. The summed E-state index contributed by atoms with van der Waals surface area (Å²) in [6, 6.07) is 9.97. The van der Waals surface area contributed by atoms with Gasteiger partial charge in [-0.15, -0.1) is 11.3 Å². The van der Waals surface area contributed by atoms with Gasteiger partial charge in [0.25, 0.3) is 5.91 Å². The van der Waals surface area contributed by atoms with Crippen LogP contribution in [0.25, 0.3) is 10.1 Å². The average molecular weight is 375 g/mol. The summed E-state index contributed by atoms with van der Waals surface area (Å²) in [6.07, 6.45) is 0. The molecule has 3 aromatic rings. The lowest BCUT2D eigenvalue weighted by atomic mass is 10.1. The molecule has 0 unspecified atom stereocenters. The molecule has 1 aromatic heterocycles. The number of hydrogen-bond acceptors (Lipinski definition) is 5. The van der Waals surface area contributed by atoms with Crippen molar-refractivity contribution in [2.24, 2.45) is 5.10 Å². The van der Waals surface area contributed by atoms with Gasteiger partial charge in [-0.3, -0.25) is 4.79 Å². The molecule has 1 heterocycles. The van der Waals surface area contributed by atoms with Gasteiger partial charge in [-0.1, -0.05) is 23.7 Å². The van der Waals surface area contributed by atoms with Crippen molar-refractivity contribution in [3.05, 3.63) is 57.4 Å². The summed E-state index contributed by atoms with van der Waals surface area (Å²) in [5, 5.41) is 24.4. The van der Waals surface area contributed by atoms with E-state index in [9.17, 15) is 15.0 Å². The van der Waals surface area contributed by atoms with Gasteiger partial charge in [0.1, 0.15) is 16.4 Å². The molecule has 0 saturated carbocycles. The maximum Gasteiger partial charge on any atom is 0.283 e. The fourth-order valence-electron chi connectivity index (χ4n) is 2.39. The number of hydrazone groups is 1. The van der Waals surface area contributed by atoms with Crippen LogP contribution in [0.15, 0.2) is 41.5 Å². The van der Waals surface area contributed by atoms with Gasteiger partial charge < -0.3 is 10.2 Å². The fourth-order valence-corrected chi connectivity index (χ4v) is 3.90. The van der Waals surface area contributed by atoms with Crippen LogP contribution >= 0.6 is 22.9 Å². The zero-order chi connectivity index (χ0) is 18.1. The van der Waals surface area contributed by atoms with Gasteiger partial charge in [0.15, 0.2) is 0 Å². The molecule has 128 valence electrons. The van der Waals surface area contributed by atoms with E-state index in [-0.39, 0.29) is 11.5 Å². The first kappa shape index (κ1) is 17.3. The third-order valence-corrected chi connectivity index (χ3v) is 5.34. The Labute approximate surface area is 153 Å². The molecule has 2 aromatic carbocycles. The Morgan fingerprint density at radius 2 is 1.96 bits per heavy atom. The van der Waals surface area contributed by atoms with Crippen LogP contribution in [0, 0.1) is 6.92 Å². The van der Waals surface area contributed by atoms with Gasteiger partial charge in [-0.2, -0.15) is 5.10 Å². The van der Waals surface area contributed by atoms with Crippen molar-refractivity contribution in [2.45, 2.75) is 13.8 Å². The highest BCUT2D eigenvalue weighted by Gasteiger charge is 2.17. The lowest BCUT2D eigenvalue weighted by Crippen LogP contribution is -2.18. The van der Waals surface area contributed by atoms with Crippen LogP contribution < -0.4 is 5.43 Å². The summed E-state index contributed by atoms with van der Waals surface area (Å²) in [6.45, 7) is 3.62. The van der Waals surface area contributed by atoms with E-state index in [1.165, 1.54) is 29.5 Å². The van der Waals surface area contributed by atoms with Gasteiger partial charge in [0, 0.05) is 21.7 Å². The molecule has 0 aliphatic carbocycles. The van der Waals surface area contributed by atoms with E-state index in [4.69, 9.17) is 11.6 Å². The van der Waals surface area contributed by atoms with E-state index in [0.29, 0.717) is 21.2 Å². The summed E-state index contributed by atoms with van der Waals surface area (Å²) >= 11 is 7.62. The number of phenolic OH excluding ortho intramolecular Hbond substituents is 2. The fraction of sp³-hybridized carbons (Fsp3) is 0.111. The van der Waals surface area contributed by atoms with Crippen LogP contribution in [-0.4, -0.2) is 21.8 Å². The van der Waals surface area contributed by atoms with Crippen molar-refractivity contribution in [3.63, 3.8) is 0 Å². The number of nitrogens with one attached hydrogen (secondary N) is 1. The number of thiophene rings is 1. The molecule has 3 rings (SSSR count). The lowest BCUT2D eigenvalue weighted by molar-refractivity contribution is 0.0959. The van der Waals surface area contributed by atoms with Crippen molar-refractivity contribution in [3.8, 4) is 11.5 Å².